The van der Waals surface area contributed by atoms with Crippen molar-refractivity contribution in [2.24, 2.45) is 0 Å². The van der Waals surface area contributed by atoms with E-state index < -0.39 is 0 Å². The molecule has 5 nitrogen and oxygen atoms in total. The third-order valence-electron chi connectivity index (χ3n) is 3.35. The average Bonchev–Trinajstić information content (AvgIpc) is 2.35. The fourth-order valence-electron chi connectivity index (χ4n) is 2.41. The predicted octanol–water partition coefficient (Wildman–Crippen LogP) is 1.65. The highest BCUT2D eigenvalue weighted by molar-refractivity contribution is 5.45. The Balaban J connectivity index is 1.89. The number of nitrogens with one attached hydrogen (secondary N) is 1. The molecule has 1 aromatic rings. The Morgan fingerprint density at radius 3 is 2.83 bits per heavy atom. The first-order valence-corrected chi connectivity index (χ1v) is 6.73. The number of rotatable bonds is 4. The van der Waals surface area contributed by atoms with E-state index in [4.69, 9.17) is 5.73 Å². The molecule has 18 heavy (non-hydrogen) atoms. The molecule has 1 fully saturated rings. The quantitative estimate of drug-likeness (QED) is 0.849. The number of anilines is 2. The first kappa shape index (κ1) is 13.1. The topological polar surface area (TPSA) is 67.1 Å². The summed E-state index contributed by atoms with van der Waals surface area (Å²) in [5.41, 5.74) is 6.65. The molecular formula is C13H23N5. The normalized spacial score (nSPS) is 18.6. The maximum Gasteiger partial charge on any atom is 0.221 e. The smallest absolute Gasteiger partial charge is 0.221 e. The lowest BCUT2D eigenvalue weighted by atomic mass is 10.1. The van der Waals surface area contributed by atoms with Crippen LogP contribution in [0.4, 0.5) is 11.8 Å². The molecule has 0 aliphatic carbocycles. The zero-order chi connectivity index (χ0) is 13.0. The largest absolute Gasteiger partial charge is 0.368 e. The Kier molecular flexibility index (Phi) is 4.36. The zero-order valence-corrected chi connectivity index (χ0v) is 11.3. The van der Waals surface area contributed by atoms with Crippen molar-refractivity contribution >= 4 is 11.8 Å². The number of nitrogens with zero attached hydrogens (tertiary/aromatic N) is 3. The zero-order valence-electron chi connectivity index (χ0n) is 11.3. The summed E-state index contributed by atoms with van der Waals surface area (Å²) in [6, 6.07) is 0.371. The number of aryl methyl sites for hydroxylation is 1. The second-order valence-corrected chi connectivity index (χ2v) is 5.17. The summed E-state index contributed by atoms with van der Waals surface area (Å²) < 4.78 is 0. The van der Waals surface area contributed by atoms with Crippen LogP contribution in [0.15, 0.2) is 6.20 Å². The van der Waals surface area contributed by atoms with E-state index in [9.17, 15) is 0 Å². The molecule has 1 unspecified atom stereocenters. The van der Waals surface area contributed by atoms with Gasteiger partial charge in [0.15, 0.2) is 0 Å². The molecule has 2 heterocycles. The van der Waals surface area contributed by atoms with Crippen LogP contribution in [0.5, 0.6) is 0 Å². The minimum absolute atomic E-state index is 0.327. The molecule has 0 amide bonds. The van der Waals surface area contributed by atoms with Gasteiger partial charge < -0.3 is 16.0 Å². The average molecular weight is 249 g/mol. The number of piperidine rings is 1. The lowest BCUT2D eigenvalue weighted by molar-refractivity contribution is 0.223. The van der Waals surface area contributed by atoms with Gasteiger partial charge in [0.1, 0.15) is 5.82 Å². The molecule has 2 rings (SSSR count). The second-order valence-electron chi connectivity index (χ2n) is 5.17. The van der Waals surface area contributed by atoms with Crippen LogP contribution in [-0.2, 0) is 0 Å². The Bertz CT molecular complexity index is 387. The predicted molar refractivity (Wildman–Crippen MR) is 74.6 cm³/mol. The van der Waals surface area contributed by atoms with Gasteiger partial charge in [0, 0.05) is 24.3 Å². The van der Waals surface area contributed by atoms with Gasteiger partial charge in [-0.05, 0) is 39.8 Å². The maximum absolute atomic E-state index is 5.61. The van der Waals surface area contributed by atoms with Crippen LogP contribution in [0, 0.1) is 6.92 Å². The number of aromatic nitrogens is 2. The standard InChI is InChI=1S/C13H23N5/c1-10-8-15-13(14)17-12(10)16-11(2)9-18-6-4-3-5-7-18/h8,11H,3-7,9H2,1-2H3,(H3,14,15,16,17). The van der Waals surface area contributed by atoms with Crippen LogP contribution in [0.3, 0.4) is 0 Å². The van der Waals surface area contributed by atoms with Crippen molar-refractivity contribution < 1.29 is 0 Å². The summed E-state index contributed by atoms with van der Waals surface area (Å²) >= 11 is 0. The maximum atomic E-state index is 5.61. The van der Waals surface area contributed by atoms with Crippen molar-refractivity contribution in [1.29, 1.82) is 0 Å². The van der Waals surface area contributed by atoms with Gasteiger partial charge in [-0.2, -0.15) is 4.98 Å². The third kappa shape index (κ3) is 3.57. The summed E-state index contributed by atoms with van der Waals surface area (Å²) in [6.45, 7) is 7.68. The number of likely N-dealkylation sites (tertiary alicyclic amines) is 1. The fourth-order valence-corrected chi connectivity index (χ4v) is 2.41. The molecule has 0 radical (unpaired) electrons. The minimum atomic E-state index is 0.327. The van der Waals surface area contributed by atoms with Crippen molar-refractivity contribution in [3.8, 4) is 0 Å². The lowest BCUT2D eigenvalue weighted by Gasteiger charge is -2.29. The van der Waals surface area contributed by atoms with Gasteiger partial charge in [-0.1, -0.05) is 6.42 Å². The van der Waals surface area contributed by atoms with Gasteiger partial charge in [0.25, 0.3) is 0 Å². The lowest BCUT2D eigenvalue weighted by Crippen LogP contribution is -2.38. The van der Waals surface area contributed by atoms with Crippen molar-refractivity contribution in [2.45, 2.75) is 39.2 Å². The molecule has 100 valence electrons. The van der Waals surface area contributed by atoms with Gasteiger partial charge in [-0.25, -0.2) is 4.98 Å². The van der Waals surface area contributed by atoms with Gasteiger partial charge in [0.2, 0.25) is 5.95 Å². The van der Waals surface area contributed by atoms with E-state index >= 15 is 0 Å². The molecule has 1 atom stereocenters. The van der Waals surface area contributed by atoms with Crippen molar-refractivity contribution in [2.75, 3.05) is 30.7 Å². The van der Waals surface area contributed by atoms with Crippen molar-refractivity contribution in [1.82, 2.24) is 14.9 Å². The molecule has 0 aromatic carbocycles. The van der Waals surface area contributed by atoms with Crippen LogP contribution < -0.4 is 11.1 Å². The van der Waals surface area contributed by atoms with Crippen molar-refractivity contribution in [3.05, 3.63) is 11.8 Å². The number of nitrogen functional groups attached to an aromatic ring is 1. The molecule has 1 saturated heterocycles. The van der Waals surface area contributed by atoms with Crippen LogP contribution in [-0.4, -0.2) is 40.5 Å². The molecule has 3 N–H and O–H groups in total. The number of nitrogens with two attached hydrogens (primary N) is 1. The monoisotopic (exact) mass is 249 g/mol. The molecule has 0 saturated carbocycles. The molecule has 1 aliphatic rings. The van der Waals surface area contributed by atoms with E-state index in [-0.39, 0.29) is 0 Å². The highest BCUT2D eigenvalue weighted by atomic mass is 15.2. The Morgan fingerprint density at radius 2 is 2.11 bits per heavy atom. The van der Waals surface area contributed by atoms with Gasteiger partial charge in [0.05, 0.1) is 0 Å². The highest BCUT2D eigenvalue weighted by Gasteiger charge is 2.14. The summed E-state index contributed by atoms with van der Waals surface area (Å²) in [4.78, 5) is 10.7. The summed E-state index contributed by atoms with van der Waals surface area (Å²) in [5, 5.41) is 3.43. The van der Waals surface area contributed by atoms with Crippen LogP contribution in [0.2, 0.25) is 0 Å². The SMILES string of the molecule is Cc1cnc(N)nc1NC(C)CN1CCCCC1. The first-order valence-electron chi connectivity index (χ1n) is 6.73. The summed E-state index contributed by atoms with van der Waals surface area (Å²) in [6.07, 6.45) is 5.79. The first-order chi connectivity index (χ1) is 8.65. The molecule has 0 bridgehead atoms. The van der Waals surface area contributed by atoms with E-state index in [2.05, 4.69) is 27.1 Å². The summed E-state index contributed by atoms with van der Waals surface area (Å²) in [7, 11) is 0. The third-order valence-corrected chi connectivity index (χ3v) is 3.35. The minimum Gasteiger partial charge on any atom is -0.368 e. The van der Waals surface area contributed by atoms with Gasteiger partial charge in [-0.3, -0.25) is 0 Å². The molecule has 5 heteroatoms. The van der Waals surface area contributed by atoms with E-state index in [1.807, 2.05) is 6.92 Å². The fraction of sp³-hybridized carbons (Fsp3) is 0.692. The Morgan fingerprint density at radius 1 is 1.39 bits per heavy atom. The second kappa shape index (κ2) is 6.00. The van der Waals surface area contributed by atoms with Crippen LogP contribution in [0.25, 0.3) is 0 Å². The van der Waals surface area contributed by atoms with Gasteiger partial charge in [-0.15, -0.1) is 0 Å². The van der Waals surface area contributed by atoms with Crippen LogP contribution >= 0.6 is 0 Å². The molecular weight excluding hydrogens is 226 g/mol. The number of hydrogen-bond acceptors (Lipinski definition) is 5. The highest BCUT2D eigenvalue weighted by Crippen LogP contribution is 2.14. The van der Waals surface area contributed by atoms with E-state index in [1.54, 1.807) is 6.20 Å². The molecule has 0 spiro atoms. The number of hydrogen-bond donors (Lipinski definition) is 2. The van der Waals surface area contributed by atoms with Crippen molar-refractivity contribution in [3.63, 3.8) is 0 Å². The van der Waals surface area contributed by atoms with E-state index in [0.29, 0.717) is 12.0 Å². The Labute approximate surface area is 109 Å². The van der Waals surface area contributed by atoms with E-state index in [1.165, 1.54) is 32.4 Å². The molecule has 1 aliphatic heterocycles. The van der Waals surface area contributed by atoms with Crippen LogP contribution in [0.1, 0.15) is 31.7 Å². The van der Waals surface area contributed by atoms with Gasteiger partial charge >= 0.3 is 0 Å². The Hall–Kier alpha value is -1.36. The summed E-state index contributed by atoms with van der Waals surface area (Å²) in [5.74, 6) is 1.18. The molecule has 1 aromatic heterocycles. The van der Waals surface area contributed by atoms with E-state index in [0.717, 1.165) is 17.9 Å².